The molecule has 1 aliphatic carbocycles. The van der Waals surface area contributed by atoms with Crippen LogP contribution < -0.4 is 10.4 Å². The number of nitrogens with zero attached hydrogens (tertiary/aromatic N) is 3. The summed E-state index contributed by atoms with van der Waals surface area (Å²) >= 11 is 0. The molecule has 6 rings (SSSR count). The molecule has 0 N–H and O–H groups in total. The average molecular weight is 596 g/mol. The molecule has 3 heterocycles. The number of β-lactam (4-membered cyclic amide) rings is 1. The molecule has 2 atom stereocenters. The van der Waals surface area contributed by atoms with E-state index in [4.69, 9.17) is 14.0 Å². The van der Waals surface area contributed by atoms with E-state index in [2.05, 4.69) is 24.6 Å². The van der Waals surface area contributed by atoms with E-state index >= 15 is 8.78 Å². The van der Waals surface area contributed by atoms with E-state index in [1.165, 1.54) is 17.0 Å². The molecule has 2 aromatic carbocycles. The molecule has 2 saturated heterocycles. The van der Waals surface area contributed by atoms with Gasteiger partial charge in [0.05, 0.1) is 40.5 Å². The number of hydrogen-bond donors (Lipinski definition) is 0. The fraction of sp³-hybridized carbons (Fsp3) is 0.548. The number of aromatic nitrogens is 2. The molecule has 224 valence electrons. The summed E-state index contributed by atoms with van der Waals surface area (Å²) in [6.45, 7) is 15.6. The van der Waals surface area contributed by atoms with Crippen molar-refractivity contribution >= 4 is 43.3 Å². The van der Waals surface area contributed by atoms with Crippen molar-refractivity contribution in [3.05, 3.63) is 53.9 Å². The van der Waals surface area contributed by atoms with Crippen LogP contribution in [0.5, 0.6) is 0 Å². The number of halogens is 2. The summed E-state index contributed by atoms with van der Waals surface area (Å²) in [4.78, 5) is 19.5. The number of imidazole rings is 1. The van der Waals surface area contributed by atoms with E-state index < -0.39 is 50.0 Å². The number of carbonyl (C=O) groups is 1. The molecule has 0 radical (unpaired) electrons. The molecule has 11 heteroatoms. The number of fused-ring (bicyclic) bond motifs is 1. The van der Waals surface area contributed by atoms with Gasteiger partial charge < -0.3 is 23.5 Å². The molecule has 1 amide bonds. The lowest BCUT2D eigenvalue weighted by atomic mass is 9.74. The summed E-state index contributed by atoms with van der Waals surface area (Å²) in [5.74, 6) is -1.83. The fourth-order valence-electron chi connectivity index (χ4n) is 5.87. The lowest BCUT2D eigenvalue weighted by Gasteiger charge is -2.48. The highest BCUT2D eigenvalue weighted by Gasteiger charge is 2.57. The van der Waals surface area contributed by atoms with Gasteiger partial charge in [0.2, 0.25) is 5.91 Å². The average Bonchev–Trinajstić information content (AvgIpc) is 3.57. The van der Waals surface area contributed by atoms with Crippen molar-refractivity contribution in [1.29, 1.82) is 0 Å². The van der Waals surface area contributed by atoms with Crippen LogP contribution in [-0.2, 0) is 25.6 Å². The maximum Gasteiger partial charge on any atom is 0.495 e. The molecular formula is C31H40BF2N3O4Si. The second-order valence-corrected chi connectivity index (χ2v) is 19.9. The predicted octanol–water partition coefficient (Wildman–Crippen LogP) is 6.04. The van der Waals surface area contributed by atoms with Gasteiger partial charge in [-0.25, -0.2) is 13.8 Å². The van der Waals surface area contributed by atoms with E-state index in [1.807, 2.05) is 50.5 Å². The third-order valence-corrected chi connectivity index (χ3v) is 11.0. The van der Waals surface area contributed by atoms with Crippen LogP contribution in [0.3, 0.4) is 0 Å². The molecule has 2 unspecified atom stereocenters. The summed E-state index contributed by atoms with van der Waals surface area (Å²) in [6, 6.07) is 8.46. The van der Waals surface area contributed by atoms with Crippen LogP contribution in [0.1, 0.15) is 52.1 Å². The van der Waals surface area contributed by atoms with Crippen molar-refractivity contribution in [2.45, 2.75) is 90.2 Å². The number of benzene rings is 2. The largest absolute Gasteiger partial charge is 0.495 e. The Balaban J connectivity index is 1.27. The van der Waals surface area contributed by atoms with Gasteiger partial charge in [0, 0.05) is 25.9 Å². The Labute approximate surface area is 247 Å². The van der Waals surface area contributed by atoms with E-state index in [0.717, 1.165) is 24.4 Å². The third kappa shape index (κ3) is 5.22. The zero-order valence-electron chi connectivity index (χ0n) is 25.5. The van der Waals surface area contributed by atoms with Gasteiger partial charge in [-0.2, -0.15) is 0 Å². The number of anilines is 1. The second kappa shape index (κ2) is 10.2. The van der Waals surface area contributed by atoms with E-state index in [-0.39, 0.29) is 22.9 Å². The minimum atomic E-state index is -1.18. The highest BCUT2D eigenvalue weighted by molar-refractivity contribution is 6.76. The summed E-state index contributed by atoms with van der Waals surface area (Å²) in [6.07, 6.45) is 3.49. The number of amides is 1. The summed E-state index contributed by atoms with van der Waals surface area (Å²) in [7, 11) is -2.07. The van der Waals surface area contributed by atoms with Crippen LogP contribution in [0, 0.1) is 23.5 Å². The number of ether oxygens (including phenoxy) is 1. The first kappa shape index (κ1) is 29.5. The van der Waals surface area contributed by atoms with Crippen LogP contribution in [0.2, 0.25) is 25.7 Å². The molecule has 3 fully saturated rings. The van der Waals surface area contributed by atoms with Gasteiger partial charge in [0.15, 0.2) is 0 Å². The van der Waals surface area contributed by atoms with Gasteiger partial charge in [0.25, 0.3) is 0 Å². The number of hydrogen-bond acceptors (Lipinski definition) is 5. The van der Waals surface area contributed by atoms with E-state index in [0.29, 0.717) is 24.5 Å². The van der Waals surface area contributed by atoms with Crippen molar-refractivity contribution in [2.75, 3.05) is 11.5 Å². The van der Waals surface area contributed by atoms with Crippen molar-refractivity contribution < 1.29 is 27.6 Å². The van der Waals surface area contributed by atoms with Crippen LogP contribution in [0.25, 0.3) is 11.0 Å². The Bertz CT molecular complexity index is 1500. The van der Waals surface area contributed by atoms with Gasteiger partial charge in [0.1, 0.15) is 18.4 Å². The topological polar surface area (TPSA) is 65.8 Å². The smallest absolute Gasteiger partial charge is 0.399 e. The number of rotatable bonds is 9. The lowest BCUT2D eigenvalue weighted by molar-refractivity contribution is -0.131. The molecule has 0 bridgehead atoms. The van der Waals surface area contributed by atoms with Gasteiger partial charge >= 0.3 is 7.12 Å². The van der Waals surface area contributed by atoms with Crippen LogP contribution in [-0.4, -0.2) is 48.5 Å². The Morgan fingerprint density at radius 2 is 1.69 bits per heavy atom. The van der Waals surface area contributed by atoms with Gasteiger partial charge in [-0.15, -0.1) is 0 Å². The first-order chi connectivity index (χ1) is 19.7. The first-order valence-electron chi connectivity index (χ1n) is 14.9. The fourth-order valence-corrected chi connectivity index (χ4v) is 6.63. The quantitative estimate of drug-likeness (QED) is 0.172. The van der Waals surface area contributed by atoms with Gasteiger partial charge in [-0.3, -0.25) is 4.79 Å². The van der Waals surface area contributed by atoms with Crippen LogP contribution in [0.4, 0.5) is 14.5 Å². The van der Waals surface area contributed by atoms with Crippen molar-refractivity contribution in [3.63, 3.8) is 0 Å². The highest BCUT2D eigenvalue weighted by Crippen LogP contribution is 2.54. The molecule has 2 aliphatic heterocycles. The summed E-state index contributed by atoms with van der Waals surface area (Å²) in [5.41, 5.74) is 1.07. The zero-order chi connectivity index (χ0) is 30.2. The molecule has 3 aromatic rings. The second-order valence-electron chi connectivity index (χ2n) is 14.2. The standard InChI is InChI=1S/C31H40BF2N3O4Si/c1-30(2)31(3,4)41-32(40-30)20-14-22(33)27(23(34)15-20)28-26(19-8-9-19)29(38)37(28)21-10-11-25-24(16-21)35-17-36(25)18-39-12-13-42(5,6)7/h10-11,14-17,19,26,28H,8-9,12-13,18H2,1-7H3. The van der Waals surface area contributed by atoms with Crippen molar-refractivity contribution in [1.82, 2.24) is 9.55 Å². The molecule has 0 spiro atoms. The molecule has 7 nitrogen and oxygen atoms in total. The minimum absolute atomic E-state index is 0.0896. The highest BCUT2D eigenvalue weighted by atomic mass is 28.3. The molecule has 42 heavy (non-hydrogen) atoms. The van der Waals surface area contributed by atoms with Crippen LogP contribution in [0.15, 0.2) is 36.7 Å². The summed E-state index contributed by atoms with van der Waals surface area (Å²) < 4.78 is 51.6. The van der Waals surface area contributed by atoms with Gasteiger partial charge in [-0.05, 0) is 88.3 Å². The Kier molecular flexibility index (Phi) is 7.19. The SMILES string of the molecule is CC1(C)OB(c2cc(F)c(C3C(C4CC4)C(=O)N3c3ccc4c(c3)ncn4COCC[Si](C)(C)C)c(F)c2)OC1(C)C. The summed E-state index contributed by atoms with van der Waals surface area (Å²) in [5, 5.41) is 0. The Hall–Kier alpha value is -2.60. The zero-order valence-corrected chi connectivity index (χ0v) is 26.5. The maximum atomic E-state index is 15.9. The van der Waals surface area contributed by atoms with Crippen molar-refractivity contribution in [2.24, 2.45) is 11.8 Å². The normalized spacial score (nSPS) is 23.6. The predicted molar refractivity (Wildman–Crippen MR) is 162 cm³/mol. The third-order valence-electron chi connectivity index (χ3n) is 9.30. The van der Waals surface area contributed by atoms with Crippen molar-refractivity contribution in [3.8, 4) is 0 Å². The molecular weight excluding hydrogens is 555 g/mol. The minimum Gasteiger partial charge on any atom is -0.399 e. The monoisotopic (exact) mass is 595 g/mol. The molecule has 1 saturated carbocycles. The van der Waals surface area contributed by atoms with Crippen LogP contribution >= 0.6 is 0 Å². The Morgan fingerprint density at radius 1 is 1.05 bits per heavy atom. The molecule has 3 aliphatic rings. The maximum absolute atomic E-state index is 15.9. The first-order valence-corrected chi connectivity index (χ1v) is 18.6. The molecule has 1 aromatic heterocycles. The van der Waals surface area contributed by atoms with E-state index in [9.17, 15) is 4.79 Å². The van der Waals surface area contributed by atoms with Gasteiger partial charge in [-0.1, -0.05) is 19.6 Å². The van der Waals surface area contributed by atoms with E-state index in [1.54, 1.807) is 6.33 Å². The Morgan fingerprint density at radius 3 is 2.29 bits per heavy atom. The lowest BCUT2D eigenvalue weighted by Crippen LogP contribution is -2.57. The number of carbonyl (C=O) groups excluding carboxylic acids is 1.